The zero-order valence-electron chi connectivity index (χ0n) is 6.11. The van der Waals surface area contributed by atoms with Gasteiger partial charge in [-0.05, 0) is 37.3 Å². The Hall–Kier alpha value is -0.0400. The molecule has 0 aromatic rings. The lowest BCUT2D eigenvalue weighted by Crippen LogP contribution is -2.53. The largest absolute Gasteiger partial charge is 0.316 e. The first-order chi connectivity index (χ1) is 4.31. The van der Waals surface area contributed by atoms with Gasteiger partial charge in [0.1, 0.15) is 0 Å². The molecule has 0 radical (unpaired) electrons. The van der Waals surface area contributed by atoms with Crippen LogP contribution < -0.4 is 5.32 Å². The molecule has 0 aromatic carbocycles. The Morgan fingerprint density at radius 1 is 1.33 bits per heavy atom. The van der Waals surface area contributed by atoms with E-state index in [9.17, 15) is 0 Å². The molecule has 9 heavy (non-hydrogen) atoms. The van der Waals surface area contributed by atoms with Crippen molar-refractivity contribution < 1.29 is 0 Å². The maximum absolute atomic E-state index is 3.34. The van der Waals surface area contributed by atoms with Crippen molar-refractivity contribution in [3.05, 3.63) is 0 Å². The molecule has 0 unspecified atom stereocenters. The van der Waals surface area contributed by atoms with Crippen LogP contribution in [0.5, 0.6) is 0 Å². The van der Waals surface area contributed by atoms with Crippen molar-refractivity contribution in [1.82, 2.24) is 5.32 Å². The van der Waals surface area contributed by atoms with Crippen molar-refractivity contribution in [1.29, 1.82) is 0 Å². The van der Waals surface area contributed by atoms with Crippen LogP contribution in [0.4, 0.5) is 0 Å². The molecule has 2 rings (SSSR count). The molecule has 0 amide bonds. The summed E-state index contributed by atoms with van der Waals surface area (Å²) >= 11 is 0. The summed E-state index contributed by atoms with van der Waals surface area (Å²) in [6.45, 7) is 5.02. The summed E-state index contributed by atoms with van der Waals surface area (Å²) in [6.07, 6.45) is 4.45. The lowest BCUT2D eigenvalue weighted by Gasteiger charge is -2.49. The van der Waals surface area contributed by atoms with E-state index in [1.807, 2.05) is 0 Å². The Balaban J connectivity index is 1.94. The van der Waals surface area contributed by atoms with E-state index in [4.69, 9.17) is 0 Å². The van der Waals surface area contributed by atoms with Crippen LogP contribution in [-0.4, -0.2) is 13.1 Å². The first-order valence-electron chi connectivity index (χ1n) is 4.02. The second kappa shape index (κ2) is 1.72. The monoisotopic (exact) mass is 125 g/mol. The van der Waals surface area contributed by atoms with Crippen molar-refractivity contribution in [2.45, 2.75) is 26.2 Å². The molecule has 2 fully saturated rings. The predicted octanol–water partition coefficient (Wildman–Crippen LogP) is 1.40. The zero-order chi connectivity index (χ0) is 6.32. The molecule has 52 valence electrons. The Morgan fingerprint density at radius 2 is 2.00 bits per heavy atom. The third-order valence-corrected chi connectivity index (χ3v) is 3.26. The Morgan fingerprint density at radius 3 is 2.11 bits per heavy atom. The molecule has 1 aliphatic heterocycles. The van der Waals surface area contributed by atoms with Gasteiger partial charge in [-0.3, -0.25) is 0 Å². The van der Waals surface area contributed by atoms with E-state index in [2.05, 4.69) is 12.2 Å². The summed E-state index contributed by atoms with van der Waals surface area (Å²) < 4.78 is 0. The lowest BCUT2D eigenvalue weighted by molar-refractivity contribution is 0.0373. The highest BCUT2D eigenvalue weighted by molar-refractivity contribution is 4.95. The minimum absolute atomic E-state index is 0.755. The van der Waals surface area contributed by atoms with E-state index >= 15 is 0 Å². The van der Waals surface area contributed by atoms with Gasteiger partial charge in [0.05, 0.1) is 0 Å². The van der Waals surface area contributed by atoms with Gasteiger partial charge in [0.2, 0.25) is 0 Å². The van der Waals surface area contributed by atoms with Crippen LogP contribution in [0.15, 0.2) is 0 Å². The van der Waals surface area contributed by atoms with Gasteiger partial charge < -0.3 is 5.32 Å². The molecule has 0 atom stereocenters. The van der Waals surface area contributed by atoms with Crippen LogP contribution in [0.2, 0.25) is 0 Å². The van der Waals surface area contributed by atoms with E-state index in [1.165, 1.54) is 32.4 Å². The van der Waals surface area contributed by atoms with E-state index in [-0.39, 0.29) is 0 Å². The molecule has 1 heterocycles. The fourth-order valence-electron chi connectivity index (χ4n) is 1.92. The van der Waals surface area contributed by atoms with Crippen LogP contribution in [0, 0.1) is 11.3 Å². The van der Waals surface area contributed by atoms with Gasteiger partial charge in [0.15, 0.2) is 0 Å². The van der Waals surface area contributed by atoms with Gasteiger partial charge in [0.25, 0.3) is 0 Å². The van der Waals surface area contributed by atoms with Crippen LogP contribution in [0.25, 0.3) is 0 Å². The van der Waals surface area contributed by atoms with Crippen LogP contribution in [0.1, 0.15) is 26.2 Å². The predicted molar refractivity (Wildman–Crippen MR) is 38.3 cm³/mol. The summed E-state index contributed by atoms with van der Waals surface area (Å²) in [6, 6.07) is 0. The van der Waals surface area contributed by atoms with Gasteiger partial charge in [-0.25, -0.2) is 0 Å². The van der Waals surface area contributed by atoms with Crippen LogP contribution >= 0.6 is 0 Å². The fourth-order valence-corrected chi connectivity index (χ4v) is 1.92. The van der Waals surface area contributed by atoms with Crippen molar-refractivity contribution in [3.63, 3.8) is 0 Å². The molecule has 0 aromatic heterocycles. The SMILES string of the molecule is CC1(C2CNC2)CCC1. The first-order valence-corrected chi connectivity index (χ1v) is 4.02. The van der Waals surface area contributed by atoms with Gasteiger partial charge in [0, 0.05) is 0 Å². The van der Waals surface area contributed by atoms with Crippen molar-refractivity contribution in [2.24, 2.45) is 11.3 Å². The summed E-state index contributed by atoms with van der Waals surface area (Å²) in [5.74, 6) is 1.02. The summed E-state index contributed by atoms with van der Waals surface area (Å²) in [5.41, 5.74) is 0.755. The number of rotatable bonds is 1. The van der Waals surface area contributed by atoms with Gasteiger partial charge in [-0.15, -0.1) is 0 Å². The average molecular weight is 125 g/mol. The molecule has 2 aliphatic rings. The molecule has 1 aliphatic carbocycles. The summed E-state index contributed by atoms with van der Waals surface area (Å²) in [4.78, 5) is 0. The third-order valence-electron chi connectivity index (χ3n) is 3.26. The zero-order valence-corrected chi connectivity index (χ0v) is 6.11. The molecule has 1 heteroatoms. The van der Waals surface area contributed by atoms with E-state index in [0.717, 1.165) is 11.3 Å². The second-order valence-electron chi connectivity index (χ2n) is 3.86. The lowest BCUT2D eigenvalue weighted by atomic mass is 9.61. The normalized spacial score (nSPS) is 33.0. The molecule has 1 saturated heterocycles. The van der Waals surface area contributed by atoms with E-state index in [1.54, 1.807) is 0 Å². The van der Waals surface area contributed by atoms with Gasteiger partial charge >= 0.3 is 0 Å². The molecule has 1 nitrogen and oxygen atoms in total. The van der Waals surface area contributed by atoms with Gasteiger partial charge in [-0.1, -0.05) is 13.3 Å². The summed E-state index contributed by atoms with van der Waals surface area (Å²) in [5, 5.41) is 3.34. The molecule has 0 bridgehead atoms. The minimum atomic E-state index is 0.755. The number of nitrogens with one attached hydrogen (secondary N) is 1. The second-order valence-corrected chi connectivity index (χ2v) is 3.86. The number of hydrogen-bond acceptors (Lipinski definition) is 1. The maximum Gasteiger partial charge on any atom is -0.000302 e. The highest BCUT2D eigenvalue weighted by Crippen LogP contribution is 2.47. The van der Waals surface area contributed by atoms with E-state index in [0.29, 0.717) is 0 Å². The van der Waals surface area contributed by atoms with Crippen molar-refractivity contribution in [3.8, 4) is 0 Å². The van der Waals surface area contributed by atoms with Crippen LogP contribution in [-0.2, 0) is 0 Å². The maximum atomic E-state index is 3.34. The summed E-state index contributed by atoms with van der Waals surface area (Å²) in [7, 11) is 0. The molecule has 1 N–H and O–H groups in total. The average Bonchev–Trinajstić information content (AvgIpc) is 1.56. The minimum Gasteiger partial charge on any atom is -0.316 e. The van der Waals surface area contributed by atoms with E-state index < -0.39 is 0 Å². The molecule has 1 saturated carbocycles. The smallest absolute Gasteiger partial charge is 0.000302 e. The topological polar surface area (TPSA) is 12.0 Å². The quantitative estimate of drug-likeness (QED) is 0.558. The molecular weight excluding hydrogens is 110 g/mol. The fraction of sp³-hybridized carbons (Fsp3) is 1.00. The van der Waals surface area contributed by atoms with Crippen LogP contribution in [0.3, 0.4) is 0 Å². The third kappa shape index (κ3) is 0.710. The van der Waals surface area contributed by atoms with Gasteiger partial charge in [-0.2, -0.15) is 0 Å². The van der Waals surface area contributed by atoms with Crippen molar-refractivity contribution in [2.75, 3.05) is 13.1 Å². The molecule has 0 spiro atoms. The Kier molecular flexibility index (Phi) is 1.10. The highest BCUT2D eigenvalue weighted by atomic mass is 15.0. The highest BCUT2D eigenvalue weighted by Gasteiger charge is 2.41. The Bertz CT molecular complexity index is 112. The number of hydrogen-bond donors (Lipinski definition) is 1. The Labute approximate surface area is 56.8 Å². The standard InChI is InChI=1S/C8H15N/c1-8(3-2-4-8)7-5-9-6-7/h7,9H,2-6H2,1H3. The first kappa shape index (κ1) is 5.72. The molecular formula is C8H15N. The van der Waals surface area contributed by atoms with Crippen molar-refractivity contribution >= 4 is 0 Å².